The zero-order valence-corrected chi connectivity index (χ0v) is 8.74. The second kappa shape index (κ2) is 4.83. The monoisotopic (exact) mass is 215 g/mol. The quantitative estimate of drug-likeness (QED) is 0.805. The van der Waals surface area contributed by atoms with Crippen LogP contribution in [0.2, 0.25) is 0 Å². The van der Waals surface area contributed by atoms with Gasteiger partial charge in [-0.05, 0) is 6.07 Å². The van der Waals surface area contributed by atoms with Crippen molar-refractivity contribution in [2.45, 2.75) is 6.04 Å². The molecule has 1 unspecified atom stereocenters. The maximum absolute atomic E-state index is 8.94. The molecular formula is C12H13N3O. The zero-order valence-electron chi connectivity index (χ0n) is 8.74. The molecule has 16 heavy (non-hydrogen) atoms. The van der Waals surface area contributed by atoms with E-state index in [-0.39, 0.29) is 6.61 Å². The first-order valence-corrected chi connectivity index (χ1v) is 5.06. The molecule has 0 amide bonds. The van der Waals surface area contributed by atoms with Gasteiger partial charge in [0.25, 0.3) is 0 Å². The summed E-state index contributed by atoms with van der Waals surface area (Å²) < 4.78 is 0. The van der Waals surface area contributed by atoms with Crippen LogP contribution in [0.15, 0.2) is 42.6 Å². The molecule has 0 radical (unpaired) electrons. The number of nitrogens with two attached hydrogens (primary N) is 1. The highest BCUT2D eigenvalue weighted by Crippen LogP contribution is 2.16. The number of aromatic nitrogens is 2. The number of rotatable bonds is 3. The van der Waals surface area contributed by atoms with E-state index >= 15 is 0 Å². The van der Waals surface area contributed by atoms with Crippen LogP contribution in [-0.2, 0) is 0 Å². The van der Waals surface area contributed by atoms with E-state index in [0.29, 0.717) is 5.82 Å². The van der Waals surface area contributed by atoms with Gasteiger partial charge in [0, 0.05) is 11.8 Å². The fourth-order valence-corrected chi connectivity index (χ4v) is 1.40. The third-order valence-electron chi connectivity index (χ3n) is 2.27. The summed E-state index contributed by atoms with van der Waals surface area (Å²) in [5.74, 6) is 0.462. The van der Waals surface area contributed by atoms with Crippen molar-refractivity contribution in [2.24, 2.45) is 5.73 Å². The van der Waals surface area contributed by atoms with E-state index in [0.717, 1.165) is 11.3 Å². The number of hydrogen-bond donors (Lipinski definition) is 2. The van der Waals surface area contributed by atoms with Crippen molar-refractivity contribution in [1.82, 2.24) is 9.97 Å². The summed E-state index contributed by atoms with van der Waals surface area (Å²) in [4.78, 5) is 8.36. The van der Waals surface area contributed by atoms with Gasteiger partial charge < -0.3 is 10.8 Å². The third-order valence-corrected chi connectivity index (χ3v) is 2.27. The van der Waals surface area contributed by atoms with Gasteiger partial charge in [0.2, 0.25) is 0 Å². The van der Waals surface area contributed by atoms with Gasteiger partial charge in [0.1, 0.15) is 5.82 Å². The van der Waals surface area contributed by atoms with Crippen LogP contribution in [0.3, 0.4) is 0 Å². The van der Waals surface area contributed by atoms with Crippen molar-refractivity contribution in [2.75, 3.05) is 6.61 Å². The molecule has 0 fully saturated rings. The van der Waals surface area contributed by atoms with Gasteiger partial charge in [0.05, 0.1) is 18.3 Å². The highest BCUT2D eigenvalue weighted by molar-refractivity contribution is 5.58. The Balaban J connectivity index is 2.36. The SMILES string of the molecule is NC(CO)c1nccc(-c2ccccc2)n1. The van der Waals surface area contributed by atoms with Gasteiger partial charge in [-0.3, -0.25) is 0 Å². The molecule has 4 heteroatoms. The lowest BCUT2D eigenvalue weighted by molar-refractivity contribution is 0.263. The van der Waals surface area contributed by atoms with Gasteiger partial charge >= 0.3 is 0 Å². The van der Waals surface area contributed by atoms with Crippen LogP contribution in [0.25, 0.3) is 11.3 Å². The predicted molar refractivity (Wildman–Crippen MR) is 61.5 cm³/mol. The minimum absolute atomic E-state index is 0.155. The second-order valence-electron chi connectivity index (χ2n) is 3.46. The first-order valence-electron chi connectivity index (χ1n) is 5.06. The van der Waals surface area contributed by atoms with Crippen molar-refractivity contribution in [3.8, 4) is 11.3 Å². The van der Waals surface area contributed by atoms with Crippen molar-refractivity contribution >= 4 is 0 Å². The number of hydrogen-bond acceptors (Lipinski definition) is 4. The van der Waals surface area contributed by atoms with Crippen LogP contribution in [0, 0.1) is 0 Å². The highest BCUT2D eigenvalue weighted by Gasteiger charge is 2.08. The Kier molecular flexibility index (Phi) is 3.24. The maximum atomic E-state index is 8.94. The first-order chi connectivity index (χ1) is 7.81. The molecule has 2 aromatic rings. The van der Waals surface area contributed by atoms with Gasteiger partial charge in [-0.25, -0.2) is 9.97 Å². The number of aliphatic hydroxyl groups is 1. The molecule has 4 nitrogen and oxygen atoms in total. The van der Waals surface area contributed by atoms with Gasteiger partial charge in [-0.2, -0.15) is 0 Å². The van der Waals surface area contributed by atoms with E-state index < -0.39 is 6.04 Å². The predicted octanol–water partition coefficient (Wildman–Crippen LogP) is 1.14. The average Bonchev–Trinajstić information content (AvgIpc) is 2.39. The first kappa shape index (κ1) is 10.7. The Morgan fingerprint density at radius 1 is 1.19 bits per heavy atom. The summed E-state index contributed by atoms with van der Waals surface area (Å²) >= 11 is 0. The van der Waals surface area contributed by atoms with Crippen molar-refractivity contribution in [3.63, 3.8) is 0 Å². The summed E-state index contributed by atoms with van der Waals surface area (Å²) in [5.41, 5.74) is 7.49. The lowest BCUT2D eigenvalue weighted by Crippen LogP contribution is -2.17. The zero-order chi connectivity index (χ0) is 11.4. The molecule has 0 saturated carbocycles. The van der Waals surface area contributed by atoms with Gasteiger partial charge in [0.15, 0.2) is 0 Å². The second-order valence-corrected chi connectivity index (χ2v) is 3.46. The van der Waals surface area contributed by atoms with Crippen molar-refractivity contribution in [3.05, 3.63) is 48.4 Å². The molecule has 1 aromatic heterocycles. The average molecular weight is 215 g/mol. The van der Waals surface area contributed by atoms with Crippen LogP contribution in [0.1, 0.15) is 11.9 Å². The van der Waals surface area contributed by atoms with Crippen LogP contribution >= 0.6 is 0 Å². The molecule has 0 aliphatic heterocycles. The van der Waals surface area contributed by atoms with Gasteiger partial charge in [-0.15, -0.1) is 0 Å². The van der Waals surface area contributed by atoms with E-state index in [9.17, 15) is 0 Å². The molecule has 0 spiro atoms. The molecule has 2 rings (SSSR count). The molecule has 0 bridgehead atoms. The lowest BCUT2D eigenvalue weighted by Gasteiger charge is -2.07. The maximum Gasteiger partial charge on any atom is 0.147 e. The molecule has 1 atom stereocenters. The standard InChI is InChI=1S/C12H13N3O/c13-10(8-16)12-14-7-6-11(15-12)9-4-2-1-3-5-9/h1-7,10,16H,8,13H2. The molecular weight excluding hydrogens is 202 g/mol. The van der Waals surface area contributed by atoms with Crippen molar-refractivity contribution in [1.29, 1.82) is 0 Å². The number of benzene rings is 1. The summed E-state index contributed by atoms with van der Waals surface area (Å²) in [6.07, 6.45) is 1.65. The lowest BCUT2D eigenvalue weighted by atomic mass is 10.1. The largest absolute Gasteiger partial charge is 0.394 e. The van der Waals surface area contributed by atoms with E-state index in [1.807, 2.05) is 36.4 Å². The summed E-state index contributed by atoms with van der Waals surface area (Å²) in [6.45, 7) is -0.155. The molecule has 3 N–H and O–H groups in total. The van der Waals surface area contributed by atoms with Gasteiger partial charge in [-0.1, -0.05) is 30.3 Å². The van der Waals surface area contributed by atoms with Crippen molar-refractivity contribution < 1.29 is 5.11 Å². The van der Waals surface area contributed by atoms with Crippen LogP contribution < -0.4 is 5.73 Å². The molecule has 0 aliphatic rings. The van der Waals surface area contributed by atoms with Crippen LogP contribution in [0.4, 0.5) is 0 Å². The summed E-state index contributed by atoms with van der Waals surface area (Å²) in [7, 11) is 0. The third kappa shape index (κ3) is 2.24. The van der Waals surface area contributed by atoms with Crippen LogP contribution in [0.5, 0.6) is 0 Å². The van der Waals surface area contributed by atoms with E-state index in [4.69, 9.17) is 10.8 Å². The number of nitrogens with zero attached hydrogens (tertiary/aromatic N) is 2. The Hall–Kier alpha value is -1.78. The molecule has 1 heterocycles. The Bertz CT molecular complexity index is 459. The number of aliphatic hydroxyl groups excluding tert-OH is 1. The smallest absolute Gasteiger partial charge is 0.147 e. The molecule has 0 saturated heterocycles. The molecule has 82 valence electrons. The topological polar surface area (TPSA) is 72.0 Å². The van der Waals surface area contributed by atoms with E-state index in [1.54, 1.807) is 6.20 Å². The summed E-state index contributed by atoms with van der Waals surface area (Å²) in [6, 6.07) is 11.1. The van der Waals surface area contributed by atoms with Crippen LogP contribution in [-0.4, -0.2) is 21.7 Å². The molecule has 1 aromatic carbocycles. The fraction of sp³-hybridized carbons (Fsp3) is 0.167. The minimum atomic E-state index is -0.524. The normalized spacial score (nSPS) is 12.4. The van der Waals surface area contributed by atoms with E-state index in [2.05, 4.69) is 9.97 Å². The minimum Gasteiger partial charge on any atom is -0.394 e. The Morgan fingerprint density at radius 2 is 1.94 bits per heavy atom. The Morgan fingerprint density at radius 3 is 2.62 bits per heavy atom. The summed E-state index contributed by atoms with van der Waals surface area (Å²) in [5, 5.41) is 8.94. The molecule has 0 aliphatic carbocycles. The Labute approximate surface area is 93.8 Å². The highest BCUT2D eigenvalue weighted by atomic mass is 16.3. The van der Waals surface area contributed by atoms with E-state index in [1.165, 1.54) is 0 Å². The fourth-order valence-electron chi connectivity index (χ4n) is 1.40.